The molecule has 6 heteroatoms. The maximum absolute atomic E-state index is 12.7. The molecule has 0 radical (unpaired) electrons. The summed E-state index contributed by atoms with van der Waals surface area (Å²) in [5, 5.41) is 0. The van der Waals surface area contributed by atoms with Gasteiger partial charge >= 0.3 is 0 Å². The molecule has 2 aromatic rings. The van der Waals surface area contributed by atoms with Crippen molar-refractivity contribution in [3.05, 3.63) is 36.2 Å². The molecule has 0 saturated carbocycles. The maximum atomic E-state index is 12.7. The number of nitrogens with zero attached hydrogens (tertiary/aromatic N) is 2. The van der Waals surface area contributed by atoms with Crippen LogP contribution in [0.1, 0.15) is 39.3 Å². The van der Waals surface area contributed by atoms with Crippen LogP contribution in [0.4, 0.5) is 0 Å². The van der Waals surface area contributed by atoms with Gasteiger partial charge in [0, 0.05) is 18.7 Å². The lowest BCUT2D eigenvalue weighted by molar-refractivity contribution is 0.410. The molecule has 0 aliphatic carbocycles. The second kappa shape index (κ2) is 7.75. The van der Waals surface area contributed by atoms with Gasteiger partial charge in [0.2, 0.25) is 15.9 Å². The van der Waals surface area contributed by atoms with E-state index < -0.39 is 10.0 Å². The second-order valence-corrected chi connectivity index (χ2v) is 7.36. The highest BCUT2D eigenvalue weighted by Gasteiger charge is 2.23. The van der Waals surface area contributed by atoms with E-state index in [2.05, 4.69) is 4.98 Å². The van der Waals surface area contributed by atoms with Gasteiger partial charge in [-0.3, -0.25) is 0 Å². The molecule has 5 nitrogen and oxygen atoms in total. The van der Waals surface area contributed by atoms with Crippen molar-refractivity contribution < 1.29 is 12.8 Å². The summed E-state index contributed by atoms with van der Waals surface area (Å²) in [5.74, 6) is 0.518. The van der Waals surface area contributed by atoms with E-state index in [0.29, 0.717) is 23.9 Å². The van der Waals surface area contributed by atoms with Crippen LogP contribution in [-0.4, -0.2) is 30.8 Å². The van der Waals surface area contributed by atoms with Crippen LogP contribution in [-0.2, 0) is 16.4 Å². The number of benzene rings is 1. The molecule has 0 saturated heterocycles. The number of oxazole rings is 1. The highest BCUT2D eigenvalue weighted by molar-refractivity contribution is 7.89. The van der Waals surface area contributed by atoms with E-state index in [0.717, 1.165) is 30.5 Å². The fourth-order valence-corrected chi connectivity index (χ4v) is 4.00. The zero-order valence-corrected chi connectivity index (χ0v) is 14.8. The predicted octanol–water partition coefficient (Wildman–Crippen LogP) is 3.71. The lowest BCUT2D eigenvalue weighted by Crippen LogP contribution is -2.32. The third-order valence-corrected chi connectivity index (χ3v) is 5.51. The molecule has 0 bridgehead atoms. The van der Waals surface area contributed by atoms with Gasteiger partial charge in [-0.1, -0.05) is 20.8 Å². The zero-order valence-electron chi connectivity index (χ0n) is 13.9. The van der Waals surface area contributed by atoms with Crippen molar-refractivity contribution >= 4 is 10.0 Å². The third kappa shape index (κ3) is 4.00. The second-order valence-electron chi connectivity index (χ2n) is 5.43. The molecule has 0 spiro atoms. The Morgan fingerprint density at radius 2 is 1.65 bits per heavy atom. The van der Waals surface area contributed by atoms with Gasteiger partial charge < -0.3 is 4.42 Å². The van der Waals surface area contributed by atoms with Crippen LogP contribution in [0, 0.1) is 0 Å². The Morgan fingerprint density at radius 1 is 1.04 bits per heavy atom. The fraction of sp³-hybridized carbons (Fsp3) is 0.471. The average Bonchev–Trinajstić information content (AvgIpc) is 3.04. The van der Waals surface area contributed by atoms with Crippen LogP contribution < -0.4 is 0 Å². The summed E-state index contributed by atoms with van der Waals surface area (Å²) in [7, 11) is -3.44. The monoisotopic (exact) mass is 336 g/mol. The minimum Gasteiger partial charge on any atom is -0.444 e. The molecule has 0 aliphatic rings. The number of hydrogen-bond donors (Lipinski definition) is 0. The minimum atomic E-state index is -3.44. The first kappa shape index (κ1) is 17.7. The number of aromatic nitrogens is 1. The summed E-state index contributed by atoms with van der Waals surface area (Å²) in [5.41, 5.74) is 1.66. The smallest absolute Gasteiger partial charge is 0.243 e. The Bertz CT molecular complexity index is 715. The van der Waals surface area contributed by atoms with Crippen molar-refractivity contribution in [2.75, 3.05) is 13.1 Å². The highest BCUT2D eigenvalue weighted by Crippen LogP contribution is 2.23. The van der Waals surface area contributed by atoms with Gasteiger partial charge in [-0.15, -0.1) is 0 Å². The number of hydrogen-bond acceptors (Lipinski definition) is 4. The van der Waals surface area contributed by atoms with Crippen molar-refractivity contribution in [2.45, 2.75) is 44.9 Å². The van der Waals surface area contributed by atoms with Gasteiger partial charge in [-0.2, -0.15) is 4.31 Å². The van der Waals surface area contributed by atoms with Crippen molar-refractivity contribution in [3.63, 3.8) is 0 Å². The first-order chi connectivity index (χ1) is 11.0. The van der Waals surface area contributed by atoms with Gasteiger partial charge in [0.15, 0.2) is 0 Å². The quantitative estimate of drug-likeness (QED) is 0.737. The molecule has 23 heavy (non-hydrogen) atoms. The maximum Gasteiger partial charge on any atom is 0.243 e. The van der Waals surface area contributed by atoms with Crippen LogP contribution in [0.25, 0.3) is 11.5 Å². The first-order valence-corrected chi connectivity index (χ1v) is 9.51. The summed E-state index contributed by atoms with van der Waals surface area (Å²) in [6.07, 6.45) is 4.03. The van der Waals surface area contributed by atoms with Crippen molar-refractivity contribution in [2.24, 2.45) is 0 Å². The van der Waals surface area contributed by atoms with E-state index in [-0.39, 0.29) is 0 Å². The Balaban J connectivity index is 2.26. The molecular weight excluding hydrogens is 312 g/mol. The van der Waals surface area contributed by atoms with E-state index in [9.17, 15) is 8.42 Å². The lowest BCUT2D eigenvalue weighted by Gasteiger charge is -2.21. The normalized spacial score (nSPS) is 12.0. The number of rotatable bonds is 8. The fourth-order valence-electron chi connectivity index (χ4n) is 2.37. The number of aryl methyl sites for hydroxylation is 1. The van der Waals surface area contributed by atoms with Crippen LogP contribution in [0.15, 0.2) is 39.8 Å². The average molecular weight is 336 g/mol. The molecule has 126 valence electrons. The van der Waals surface area contributed by atoms with Gasteiger partial charge in [0.1, 0.15) is 6.26 Å². The van der Waals surface area contributed by atoms with E-state index in [4.69, 9.17) is 4.42 Å². The Morgan fingerprint density at radius 3 is 2.13 bits per heavy atom. The summed E-state index contributed by atoms with van der Waals surface area (Å²) in [4.78, 5) is 4.67. The molecule has 1 heterocycles. The highest BCUT2D eigenvalue weighted by atomic mass is 32.2. The molecule has 0 fully saturated rings. The Labute approximate surface area is 138 Å². The van der Waals surface area contributed by atoms with Crippen LogP contribution in [0.5, 0.6) is 0 Å². The van der Waals surface area contributed by atoms with Crippen molar-refractivity contribution in [1.82, 2.24) is 9.29 Å². The predicted molar refractivity (Wildman–Crippen MR) is 90.7 cm³/mol. The molecule has 2 rings (SSSR count). The summed E-state index contributed by atoms with van der Waals surface area (Å²) >= 11 is 0. The van der Waals surface area contributed by atoms with E-state index in [1.165, 1.54) is 0 Å². The van der Waals surface area contributed by atoms with Crippen molar-refractivity contribution in [3.8, 4) is 11.5 Å². The summed E-state index contributed by atoms with van der Waals surface area (Å²) in [6, 6.07) is 6.74. The topological polar surface area (TPSA) is 63.4 Å². The van der Waals surface area contributed by atoms with Gasteiger partial charge in [0.05, 0.1) is 10.6 Å². The van der Waals surface area contributed by atoms with Crippen molar-refractivity contribution in [1.29, 1.82) is 0 Å². The molecule has 0 N–H and O–H groups in total. The van der Waals surface area contributed by atoms with Gasteiger partial charge in [0.25, 0.3) is 0 Å². The Kier molecular flexibility index (Phi) is 5.96. The molecular formula is C17H24N2O3S. The molecule has 0 aliphatic heterocycles. The van der Waals surface area contributed by atoms with Gasteiger partial charge in [-0.25, -0.2) is 13.4 Å². The Hall–Kier alpha value is -1.66. The summed E-state index contributed by atoms with van der Waals surface area (Å²) in [6.45, 7) is 7.05. The third-order valence-electron chi connectivity index (χ3n) is 3.60. The lowest BCUT2D eigenvalue weighted by atomic mass is 10.2. The van der Waals surface area contributed by atoms with E-state index in [1.54, 1.807) is 34.8 Å². The molecule has 0 atom stereocenters. The SMILES string of the molecule is CCCN(CCC)S(=O)(=O)c1ccc(-c2nc(CC)co2)cc1. The van der Waals surface area contributed by atoms with Crippen LogP contribution in [0.2, 0.25) is 0 Å². The molecule has 0 amide bonds. The zero-order chi connectivity index (χ0) is 16.9. The van der Waals surface area contributed by atoms with Gasteiger partial charge in [-0.05, 0) is 43.5 Å². The molecule has 1 aromatic heterocycles. The largest absolute Gasteiger partial charge is 0.444 e. The van der Waals surface area contributed by atoms with Crippen LogP contribution >= 0.6 is 0 Å². The molecule has 1 aromatic carbocycles. The van der Waals surface area contributed by atoms with E-state index in [1.807, 2.05) is 20.8 Å². The van der Waals surface area contributed by atoms with E-state index >= 15 is 0 Å². The minimum absolute atomic E-state index is 0.311. The first-order valence-electron chi connectivity index (χ1n) is 8.07. The molecule has 0 unspecified atom stereocenters. The number of sulfonamides is 1. The summed E-state index contributed by atoms with van der Waals surface area (Å²) < 4.78 is 32.4. The standard InChI is InChI=1S/C17H24N2O3S/c1-4-11-19(12-5-2)23(20,21)16-9-7-14(8-10-16)17-18-15(6-3)13-22-17/h7-10,13H,4-6,11-12H2,1-3H3. The van der Waals surface area contributed by atoms with Crippen LogP contribution in [0.3, 0.4) is 0 Å².